The molecule has 0 radical (unpaired) electrons. The minimum atomic E-state index is -1.05. The zero-order valence-electron chi connectivity index (χ0n) is 23.9. The SMILES string of the molecule is CN1CC[C@@H](Oc2ccc(-c3ccc(-n4ncc5c(=O)n(CC6(O)CCN(C(=O)C7CC7)CC6)cnc54)cc3)cc2)C1. The Morgan fingerprint density at radius 2 is 1.69 bits per heavy atom. The average Bonchev–Trinajstić information content (AvgIpc) is 3.64. The molecule has 1 aliphatic carbocycles. The lowest BCUT2D eigenvalue weighted by molar-refractivity contribution is -0.137. The van der Waals surface area contributed by atoms with E-state index < -0.39 is 5.60 Å². The third-order valence-corrected chi connectivity index (χ3v) is 8.90. The van der Waals surface area contributed by atoms with E-state index in [1.807, 2.05) is 41.3 Å². The van der Waals surface area contributed by atoms with Gasteiger partial charge in [-0.05, 0) is 74.5 Å². The van der Waals surface area contributed by atoms with Crippen LogP contribution < -0.4 is 10.3 Å². The smallest absolute Gasteiger partial charge is 0.264 e. The first-order valence-electron chi connectivity index (χ1n) is 14.9. The first-order valence-corrected chi connectivity index (χ1v) is 14.9. The maximum Gasteiger partial charge on any atom is 0.264 e. The number of hydrogen-bond donors (Lipinski definition) is 1. The van der Waals surface area contributed by atoms with Crippen LogP contribution in [0, 0.1) is 5.92 Å². The van der Waals surface area contributed by atoms with Gasteiger partial charge in [0.2, 0.25) is 5.91 Å². The van der Waals surface area contributed by atoms with Crippen molar-refractivity contribution < 1.29 is 14.6 Å². The van der Waals surface area contributed by atoms with Gasteiger partial charge in [-0.15, -0.1) is 0 Å². The molecule has 1 atom stereocenters. The standard InChI is InChI=1S/C32H36N6O4/c1-35-15-12-27(19-35)42-26-10-6-23(7-11-26)22-4-8-25(9-5-22)38-29-28(18-34-38)31(40)37(21-33-29)20-32(41)13-16-36(17-14-32)30(39)24-2-3-24/h4-11,18,21,24,27,41H,2-3,12-17,19-20H2,1H3/t27-/m1/s1. The van der Waals surface area contributed by atoms with Gasteiger partial charge in [-0.25, -0.2) is 9.67 Å². The van der Waals surface area contributed by atoms with E-state index in [9.17, 15) is 14.7 Å². The summed E-state index contributed by atoms with van der Waals surface area (Å²) in [6, 6.07) is 16.2. The molecule has 218 valence electrons. The van der Waals surface area contributed by atoms with Gasteiger partial charge in [0.25, 0.3) is 5.56 Å². The highest BCUT2D eigenvalue weighted by atomic mass is 16.5. The minimum Gasteiger partial charge on any atom is -0.489 e. The number of piperidine rings is 1. The molecule has 0 unspecified atom stereocenters. The van der Waals surface area contributed by atoms with Crippen molar-refractivity contribution in [2.45, 2.75) is 50.4 Å². The molecule has 4 aromatic rings. The summed E-state index contributed by atoms with van der Waals surface area (Å²) < 4.78 is 9.25. The Bertz CT molecular complexity index is 1650. The van der Waals surface area contributed by atoms with Crippen molar-refractivity contribution in [2.75, 3.05) is 33.2 Å². The Morgan fingerprint density at radius 3 is 2.33 bits per heavy atom. The number of amides is 1. The molecular weight excluding hydrogens is 532 g/mol. The van der Waals surface area contributed by atoms with Gasteiger partial charge in [0, 0.05) is 32.1 Å². The molecule has 4 heterocycles. The van der Waals surface area contributed by atoms with Gasteiger partial charge in [0.15, 0.2) is 5.65 Å². The fourth-order valence-corrected chi connectivity index (χ4v) is 6.16. The molecule has 3 aliphatic rings. The number of aliphatic hydroxyl groups is 1. The number of ether oxygens (including phenoxy) is 1. The van der Waals surface area contributed by atoms with Gasteiger partial charge in [0.05, 0.1) is 24.0 Å². The molecule has 7 rings (SSSR count). The summed E-state index contributed by atoms with van der Waals surface area (Å²) in [6.07, 6.45) is 7.15. The molecular formula is C32H36N6O4. The van der Waals surface area contributed by atoms with E-state index in [-0.39, 0.29) is 30.0 Å². The van der Waals surface area contributed by atoms with Crippen LogP contribution in [-0.2, 0) is 11.3 Å². The van der Waals surface area contributed by atoms with E-state index in [2.05, 4.69) is 34.2 Å². The van der Waals surface area contributed by atoms with Crippen LogP contribution in [0.4, 0.5) is 0 Å². The second-order valence-corrected chi connectivity index (χ2v) is 12.2. The topological polar surface area (TPSA) is 106 Å². The number of aromatic nitrogens is 4. The van der Waals surface area contributed by atoms with Crippen LogP contribution in [0.15, 0.2) is 65.8 Å². The van der Waals surface area contributed by atoms with Crippen molar-refractivity contribution in [3.63, 3.8) is 0 Å². The monoisotopic (exact) mass is 568 g/mol. The fourth-order valence-electron chi connectivity index (χ4n) is 6.16. The maximum absolute atomic E-state index is 13.3. The van der Waals surface area contributed by atoms with E-state index >= 15 is 0 Å². The molecule has 1 saturated carbocycles. The molecule has 2 aromatic carbocycles. The third-order valence-electron chi connectivity index (χ3n) is 8.90. The summed E-state index contributed by atoms with van der Waals surface area (Å²) in [7, 11) is 2.12. The van der Waals surface area contributed by atoms with Crippen LogP contribution in [-0.4, -0.2) is 85.1 Å². The van der Waals surface area contributed by atoms with E-state index in [4.69, 9.17) is 4.74 Å². The Labute approximate surface area is 244 Å². The number of carbonyl (C=O) groups is 1. The number of fused-ring (bicyclic) bond motifs is 1. The molecule has 10 nitrogen and oxygen atoms in total. The lowest BCUT2D eigenvalue weighted by atomic mass is 9.91. The van der Waals surface area contributed by atoms with E-state index in [1.165, 1.54) is 17.1 Å². The first-order chi connectivity index (χ1) is 20.3. The van der Waals surface area contributed by atoms with Gasteiger partial charge in [-0.3, -0.25) is 14.2 Å². The molecule has 0 bridgehead atoms. The van der Waals surface area contributed by atoms with Crippen molar-refractivity contribution in [3.05, 3.63) is 71.4 Å². The highest BCUT2D eigenvalue weighted by Gasteiger charge is 2.39. The number of likely N-dealkylation sites (tertiary alicyclic amines) is 2. The summed E-state index contributed by atoms with van der Waals surface area (Å²) in [4.78, 5) is 34.4. The highest BCUT2D eigenvalue weighted by molar-refractivity contribution is 5.81. The van der Waals surface area contributed by atoms with E-state index in [0.29, 0.717) is 37.0 Å². The van der Waals surface area contributed by atoms with Crippen molar-refractivity contribution in [3.8, 4) is 22.6 Å². The largest absolute Gasteiger partial charge is 0.489 e. The van der Waals surface area contributed by atoms with Crippen LogP contribution in [0.1, 0.15) is 32.1 Å². The predicted octanol–water partition coefficient (Wildman–Crippen LogP) is 3.10. The van der Waals surface area contributed by atoms with Crippen LogP contribution in [0.25, 0.3) is 27.8 Å². The minimum absolute atomic E-state index is 0.141. The summed E-state index contributed by atoms with van der Waals surface area (Å²) in [5, 5.41) is 16.1. The molecule has 2 aliphatic heterocycles. The second-order valence-electron chi connectivity index (χ2n) is 12.2. The lowest BCUT2D eigenvalue weighted by Crippen LogP contribution is -2.50. The van der Waals surface area contributed by atoms with Gasteiger partial charge >= 0.3 is 0 Å². The van der Waals surface area contributed by atoms with Gasteiger partial charge < -0.3 is 19.6 Å². The van der Waals surface area contributed by atoms with Crippen molar-refractivity contribution in [2.24, 2.45) is 5.92 Å². The molecule has 42 heavy (non-hydrogen) atoms. The quantitative estimate of drug-likeness (QED) is 0.365. The number of benzene rings is 2. The number of hydrogen-bond acceptors (Lipinski definition) is 7. The average molecular weight is 569 g/mol. The molecule has 1 N–H and O–H groups in total. The summed E-state index contributed by atoms with van der Waals surface area (Å²) in [5.74, 6) is 1.26. The zero-order valence-corrected chi connectivity index (χ0v) is 23.9. The fraction of sp³-hybridized carbons (Fsp3) is 0.438. The van der Waals surface area contributed by atoms with Crippen LogP contribution in [0.3, 0.4) is 0 Å². The van der Waals surface area contributed by atoms with Crippen molar-refractivity contribution >= 4 is 16.9 Å². The van der Waals surface area contributed by atoms with Gasteiger partial charge in [-0.2, -0.15) is 5.10 Å². The van der Waals surface area contributed by atoms with Crippen molar-refractivity contribution in [1.82, 2.24) is 29.1 Å². The zero-order chi connectivity index (χ0) is 28.8. The maximum atomic E-state index is 13.3. The summed E-state index contributed by atoms with van der Waals surface area (Å²) in [6.45, 7) is 3.19. The highest BCUT2D eigenvalue weighted by Crippen LogP contribution is 2.33. The second kappa shape index (κ2) is 10.7. The lowest BCUT2D eigenvalue weighted by Gasteiger charge is -2.38. The van der Waals surface area contributed by atoms with Crippen LogP contribution in [0.2, 0.25) is 0 Å². The van der Waals surface area contributed by atoms with E-state index in [0.717, 1.165) is 54.9 Å². The molecule has 0 spiro atoms. The number of nitrogens with zero attached hydrogens (tertiary/aromatic N) is 6. The molecule has 3 fully saturated rings. The third kappa shape index (κ3) is 5.32. The Hall–Kier alpha value is -4.02. The molecule has 2 saturated heterocycles. The Morgan fingerprint density at radius 1 is 1.00 bits per heavy atom. The van der Waals surface area contributed by atoms with Crippen molar-refractivity contribution in [1.29, 1.82) is 0 Å². The predicted molar refractivity (Wildman–Crippen MR) is 159 cm³/mol. The van der Waals surface area contributed by atoms with E-state index in [1.54, 1.807) is 4.68 Å². The first kappa shape index (κ1) is 26.9. The van der Waals surface area contributed by atoms with Gasteiger partial charge in [0.1, 0.15) is 23.6 Å². The normalized spacial score (nSPS) is 20.7. The Balaban J connectivity index is 1.03. The van der Waals surface area contributed by atoms with Gasteiger partial charge in [-0.1, -0.05) is 24.3 Å². The summed E-state index contributed by atoms with van der Waals surface area (Å²) in [5.41, 5.74) is 2.14. The number of rotatable bonds is 7. The number of likely N-dealkylation sites (N-methyl/N-ethyl adjacent to an activating group) is 1. The summed E-state index contributed by atoms with van der Waals surface area (Å²) >= 11 is 0. The molecule has 2 aromatic heterocycles. The molecule has 1 amide bonds. The van der Waals surface area contributed by atoms with Crippen LogP contribution in [0.5, 0.6) is 5.75 Å². The Kier molecular flexibility index (Phi) is 6.82. The molecule has 10 heteroatoms. The number of carbonyl (C=O) groups excluding carboxylic acids is 1. The van der Waals surface area contributed by atoms with Crippen LogP contribution >= 0.6 is 0 Å².